The first kappa shape index (κ1) is 15.2. The van der Waals surface area contributed by atoms with E-state index in [9.17, 15) is 0 Å². The Morgan fingerprint density at radius 2 is 1.93 bits per heavy atom. The molecule has 0 saturated heterocycles. The Kier molecular flexibility index (Phi) is 8.55. The summed E-state index contributed by atoms with van der Waals surface area (Å²) >= 11 is 5.89. The molecule has 0 aliphatic carbocycles. The Balaban J connectivity index is 3.62. The molecule has 0 fully saturated rings. The van der Waals surface area contributed by atoms with Gasteiger partial charge in [0, 0.05) is 12.4 Å². The van der Waals surface area contributed by atoms with Crippen molar-refractivity contribution in [1.29, 1.82) is 0 Å². The maximum absolute atomic E-state index is 5.89. The topological polar surface area (TPSA) is 12.0 Å². The normalized spacial score (nSPS) is 14.2. The summed E-state index contributed by atoms with van der Waals surface area (Å²) in [5.74, 6) is 1.57. The minimum Gasteiger partial charge on any atom is -0.316 e. The lowest BCUT2D eigenvalue weighted by Gasteiger charge is -2.24. The average Bonchev–Trinajstić information content (AvgIpc) is 2.23. The predicted molar refractivity (Wildman–Crippen MR) is 70.7 cm³/mol. The van der Waals surface area contributed by atoms with Crippen LogP contribution >= 0.6 is 11.6 Å². The van der Waals surface area contributed by atoms with Crippen molar-refractivity contribution in [2.45, 2.75) is 53.4 Å². The molecule has 0 aliphatic heterocycles. The molecule has 92 valence electrons. The van der Waals surface area contributed by atoms with E-state index >= 15 is 0 Å². The zero-order valence-electron chi connectivity index (χ0n) is 10.9. The monoisotopic (exact) mass is 233 g/mol. The predicted octanol–water partition coefficient (Wildman–Crippen LogP) is 4.06. The van der Waals surface area contributed by atoms with E-state index in [0.29, 0.717) is 0 Å². The van der Waals surface area contributed by atoms with Gasteiger partial charge in [0.1, 0.15) is 0 Å². The van der Waals surface area contributed by atoms with Crippen molar-refractivity contribution in [2.24, 2.45) is 11.3 Å². The first-order chi connectivity index (χ1) is 7.05. The second-order valence-electron chi connectivity index (χ2n) is 5.35. The van der Waals surface area contributed by atoms with Crippen LogP contribution in [0.25, 0.3) is 0 Å². The lowest BCUT2D eigenvalue weighted by Crippen LogP contribution is -2.33. The summed E-state index contributed by atoms with van der Waals surface area (Å²) in [6, 6.07) is 0. The van der Waals surface area contributed by atoms with Gasteiger partial charge < -0.3 is 5.32 Å². The molecule has 0 bridgehead atoms. The van der Waals surface area contributed by atoms with Gasteiger partial charge in [0.15, 0.2) is 0 Å². The van der Waals surface area contributed by atoms with Crippen LogP contribution in [0.1, 0.15) is 53.4 Å². The number of halogens is 1. The zero-order chi connectivity index (χ0) is 11.7. The van der Waals surface area contributed by atoms with Gasteiger partial charge in [0.2, 0.25) is 0 Å². The van der Waals surface area contributed by atoms with E-state index in [1.807, 2.05) is 0 Å². The van der Waals surface area contributed by atoms with Gasteiger partial charge in [-0.3, -0.25) is 0 Å². The standard InChI is InChI=1S/C13H28ClN/c1-5-7-8-12(6-2)9-15-11-13(3,4)10-14/h12,15H,5-11H2,1-4H3. The molecule has 2 heteroatoms. The maximum Gasteiger partial charge on any atom is 0.0286 e. The van der Waals surface area contributed by atoms with Gasteiger partial charge in [0.05, 0.1) is 0 Å². The van der Waals surface area contributed by atoms with Gasteiger partial charge >= 0.3 is 0 Å². The fraction of sp³-hybridized carbons (Fsp3) is 1.00. The molecule has 0 aliphatic rings. The van der Waals surface area contributed by atoms with Crippen molar-refractivity contribution >= 4 is 11.6 Å². The van der Waals surface area contributed by atoms with Crippen molar-refractivity contribution < 1.29 is 0 Å². The molecular weight excluding hydrogens is 206 g/mol. The highest BCUT2D eigenvalue weighted by Gasteiger charge is 2.16. The molecule has 1 unspecified atom stereocenters. The minimum absolute atomic E-state index is 0.227. The number of rotatable bonds is 9. The van der Waals surface area contributed by atoms with E-state index in [1.165, 1.54) is 25.7 Å². The fourth-order valence-corrected chi connectivity index (χ4v) is 1.70. The van der Waals surface area contributed by atoms with Gasteiger partial charge in [0.25, 0.3) is 0 Å². The molecule has 0 spiro atoms. The molecular formula is C13H28ClN. The number of nitrogens with one attached hydrogen (secondary N) is 1. The van der Waals surface area contributed by atoms with Crippen LogP contribution in [0.15, 0.2) is 0 Å². The molecule has 0 aromatic rings. The number of hydrogen-bond donors (Lipinski definition) is 1. The Bertz CT molecular complexity index is 145. The van der Waals surface area contributed by atoms with Gasteiger partial charge in [-0.25, -0.2) is 0 Å². The van der Waals surface area contributed by atoms with Crippen LogP contribution in [0.4, 0.5) is 0 Å². The first-order valence-electron chi connectivity index (χ1n) is 6.32. The van der Waals surface area contributed by atoms with E-state index < -0.39 is 0 Å². The second kappa shape index (κ2) is 8.41. The molecule has 0 amide bonds. The summed E-state index contributed by atoms with van der Waals surface area (Å²) < 4.78 is 0. The molecule has 1 N–H and O–H groups in total. The molecule has 15 heavy (non-hydrogen) atoms. The molecule has 0 heterocycles. The van der Waals surface area contributed by atoms with Crippen molar-refractivity contribution in [3.63, 3.8) is 0 Å². The Morgan fingerprint density at radius 1 is 1.27 bits per heavy atom. The molecule has 1 nitrogen and oxygen atoms in total. The third-order valence-electron chi connectivity index (χ3n) is 2.94. The van der Waals surface area contributed by atoms with Gasteiger partial charge in [-0.2, -0.15) is 0 Å². The summed E-state index contributed by atoms with van der Waals surface area (Å²) in [4.78, 5) is 0. The molecule has 0 rings (SSSR count). The molecule has 0 radical (unpaired) electrons. The zero-order valence-corrected chi connectivity index (χ0v) is 11.7. The van der Waals surface area contributed by atoms with Gasteiger partial charge in [-0.05, 0) is 24.3 Å². The third kappa shape index (κ3) is 8.10. The Hall–Kier alpha value is 0.250. The second-order valence-corrected chi connectivity index (χ2v) is 5.61. The maximum atomic E-state index is 5.89. The lowest BCUT2D eigenvalue weighted by atomic mass is 9.95. The lowest BCUT2D eigenvalue weighted by molar-refractivity contribution is 0.348. The Morgan fingerprint density at radius 3 is 2.40 bits per heavy atom. The molecule has 0 saturated carbocycles. The van der Waals surface area contributed by atoms with E-state index in [0.717, 1.165) is 24.9 Å². The summed E-state index contributed by atoms with van der Waals surface area (Å²) in [5.41, 5.74) is 0.227. The number of alkyl halides is 1. The van der Waals surface area contributed by atoms with E-state index in [4.69, 9.17) is 11.6 Å². The largest absolute Gasteiger partial charge is 0.316 e. The molecule has 0 aromatic carbocycles. The first-order valence-corrected chi connectivity index (χ1v) is 6.85. The SMILES string of the molecule is CCCCC(CC)CNCC(C)(C)CCl. The van der Waals surface area contributed by atoms with Crippen LogP contribution in [0.5, 0.6) is 0 Å². The van der Waals surface area contributed by atoms with Crippen LogP contribution in [0.3, 0.4) is 0 Å². The van der Waals surface area contributed by atoms with Crippen molar-refractivity contribution in [3.8, 4) is 0 Å². The van der Waals surface area contributed by atoms with Crippen molar-refractivity contribution in [2.75, 3.05) is 19.0 Å². The van der Waals surface area contributed by atoms with E-state index in [1.54, 1.807) is 0 Å². The van der Waals surface area contributed by atoms with Crippen LogP contribution in [0, 0.1) is 11.3 Å². The highest BCUT2D eigenvalue weighted by molar-refractivity contribution is 6.18. The highest BCUT2D eigenvalue weighted by atomic mass is 35.5. The smallest absolute Gasteiger partial charge is 0.0286 e. The summed E-state index contributed by atoms with van der Waals surface area (Å²) in [6.45, 7) is 11.1. The Labute approximate surface area is 101 Å². The average molecular weight is 234 g/mol. The summed E-state index contributed by atoms with van der Waals surface area (Å²) in [5, 5.41) is 3.55. The van der Waals surface area contributed by atoms with Crippen molar-refractivity contribution in [3.05, 3.63) is 0 Å². The highest BCUT2D eigenvalue weighted by Crippen LogP contribution is 2.16. The quantitative estimate of drug-likeness (QED) is 0.593. The molecule has 1 atom stereocenters. The fourth-order valence-electron chi connectivity index (χ4n) is 1.61. The van der Waals surface area contributed by atoms with Crippen LogP contribution < -0.4 is 5.32 Å². The third-order valence-corrected chi connectivity index (χ3v) is 3.67. The minimum atomic E-state index is 0.227. The number of hydrogen-bond acceptors (Lipinski definition) is 1. The molecule has 0 aromatic heterocycles. The van der Waals surface area contributed by atoms with E-state index in [-0.39, 0.29) is 5.41 Å². The van der Waals surface area contributed by atoms with Gasteiger partial charge in [-0.15, -0.1) is 11.6 Å². The summed E-state index contributed by atoms with van der Waals surface area (Å²) in [6.07, 6.45) is 5.32. The van der Waals surface area contributed by atoms with Crippen LogP contribution in [-0.2, 0) is 0 Å². The van der Waals surface area contributed by atoms with Crippen molar-refractivity contribution in [1.82, 2.24) is 5.32 Å². The van der Waals surface area contributed by atoms with E-state index in [2.05, 4.69) is 33.0 Å². The van der Waals surface area contributed by atoms with Crippen LogP contribution in [-0.4, -0.2) is 19.0 Å². The van der Waals surface area contributed by atoms with Gasteiger partial charge in [-0.1, -0.05) is 47.0 Å². The van der Waals surface area contributed by atoms with Crippen LogP contribution in [0.2, 0.25) is 0 Å². The number of unbranched alkanes of at least 4 members (excludes halogenated alkanes) is 1. The summed E-state index contributed by atoms with van der Waals surface area (Å²) in [7, 11) is 0.